The number of rotatable bonds is 3. The van der Waals surface area contributed by atoms with E-state index in [9.17, 15) is 18.0 Å². The minimum absolute atomic E-state index is 0.0863. The molecule has 0 bridgehead atoms. The molecule has 0 aliphatic carbocycles. The van der Waals surface area contributed by atoms with Crippen LogP contribution < -0.4 is 5.32 Å². The van der Waals surface area contributed by atoms with Crippen molar-refractivity contribution in [1.82, 2.24) is 5.32 Å². The molecule has 0 spiro atoms. The molecule has 0 saturated carbocycles. The van der Waals surface area contributed by atoms with E-state index in [0.29, 0.717) is 25.6 Å². The standard InChI is InChI=1S/C9H14F3NO2/c10-9(11,12)8(14)13-4-1-7-2-5-15-6-3-7/h7H,1-6H2,(H,13,14). The van der Waals surface area contributed by atoms with Crippen LogP contribution in [0.25, 0.3) is 0 Å². The van der Waals surface area contributed by atoms with Gasteiger partial charge in [0.25, 0.3) is 0 Å². The van der Waals surface area contributed by atoms with Gasteiger partial charge in [-0.1, -0.05) is 0 Å². The highest BCUT2D eigenvalue weighted by molar-refractivity contribution is 5.81. The smallest absolute Gasteiger partial charge is 0.381 e. The van der Waals surface area contributed by atoms with Gasteiger partial charge in [-0.15, -0.1) is 0 Å². The van der Waals surface area contributed by atoms with Crippen molar-refractivity contribution in [2.75, 3.05) is 19.8 Å². The van der Waals surface area contributed by atoms with Gasteiger partial charge in [-0.3, -0.25) is 4.79 Å². The number of halogens is 3. The molecule has 0 aromatic rings. The fraction of sp³-hybridized carbons (Fsp3) is 0.889. The van der Waals surface area contributed by atoms with Crippen LogP contribution in [-0.4, -0.2) is 31.8 Å². The highest BCUT2D eigenvalue weighted by Crippen LogP contribution is 2.18. The van der Waals surface area contributed by atoms with Gasteiger partial charge in [0.05, 0.1) is 0 Å². The molecule has 3 nitrogen and oxygen atoms in total. The Morgan fingerprint density at radius 3 is 2.47 bits per heavy atom. The Kier molecular flexibility index (Phi) is 4.38. The fourth-order valence-electron chi connectivity index (χ4n) is 1.53. The zero-order chi connectivity index (χ0) is 11.3. The lowest BCUT2D eigenvalue weighted by atomic mass is 9.97. The van der Waals surface area contributed by atoms with E-state index in [1.54, 1.807) is 0 Å². The molecule has 1 fully saturated rings. The SMILES string of the molecule is O=C(NCCC1CCOCC1)C(F)(F)F. The molecule has 88 valence electrons. The summed E-state index contributed by atoms with van der Waals surface area (Å²) in [5.74, 6) is -1.48. The average Bonchev–Trinajstić information content (AvgIpc) is 2.18. The third-order valence-corrected chi connectivity index (χ3v) is 2.44. The molecule has 15 heavy (non-hydrogen) atoms. The van der Waals surface area contributed by atoms with E-state index in [2.05, 4.69) is 0 Å². The average molecular weight is 225 g/mol. The van der Waals surface area contributed by atoms with Crippen LogP contribution in [0.2, 0.25) is 0 Å². The van der Waals surface area contributed by atoms with Crippen LogP contribution in [0.4, 0.5) is 13.2 Å². The molecule has 0 unspecified atom stereocenters. The van der Waals surface area contributed by atoms with Gasteiger partial charge in [-0.05, 0) is 25.2 Å². The lowest BCUT2D eigenvalue weighted by Crippen LogP contribution is -2.38. The highest BCUT2D eigenvalue weighted by Gasteiger charge is 2.38. The van der Waals surface area contributed by atoms with Crippen molar-refractivity contribution in [1.29, 1.82) is 0 Å². The van der Waals surface area contributed by atoms with Crippen LogP contribution >= 0.6 is 0 Å². The predicted octanol–water partition coefficient (Wildman–Crippen LogP) is 1.48. The quantitative estimate of drug-likeness (QED) is 0.790. The number of nitrogens with one attached hydrogen (secondary N) is 1. The summed E-state index contributed by atoms with van der Waals surface area (Å²) in [4.78, 5) is 10.4. The molecule has 1 N–H and O–H groups in total. The molecule has 1 saturated heterocycles. The number of carbonyl (C=O) groups is 1. The summed E-state index contributed by atoms with van der Waals surface area (Å²) in [5.41, 5.74) is 0. The van der Waals surface area contributed by atoms with E-state index in [0.717, 1.165) is 12.8 Å². The maximum absolute atomic E-state index is 11.8. The Labute approximate surface area is 86.0 Å². The van der Waals surface area contributed by atoms with Crippen molar-refractivity contribution in [3.63, 3.8) is 0 Å². The predicted molar refractivity (Wildman–Crippen MR) is 47.2 cm³/mol. The molecule has 0 aromatic heterocycles. The number of hydrogen-bond donors (Lipinski definition) is 1. The van der Waals surface area contributed by atoms with Gasteiger partial charge in [0.2, 0.25) is 0 Å². The maximum atomic E-state index is 11.8. The first-order chi connectivity index (χ1) is 7.00. The second-order valence-corrected chi connectivity index (χ2v) is 3.60. The summed E-state index contributed by atoms with van der Waals surface area (Å²) in [6, 6.07) is 0. The van der Waals surface area contributed by atoms with Crippen molar-refractivity contribution >= 4 is 5.91 Å². The highest BCUT2D eigenvalue weighted by atomic mass is 19.4. The second-order valence-electron chi connectivity index (χ2n) is 3.60. The van der Waals surface area contributed by atoms with Gasteiger partial charge in [0.15, 0.2) is 0 Å². The minimum atomic E-state index is -4.77. The van der Waals surface area contributed by atoms with Gasteiger partial charge in [0.1, 0.15) is 0 Å². The Balaban J connectivity index is 2.12. The van der Waals surface area contributed by atoms with Gasteiger partial charge >= 0.3 is 12.1 Å². The number of alkyl halides is 3. The number of ether oxygens (including phenoxy) is 1. The molecular formula is C9H14F3NO2. The Morgan fingerprint density at radius 1 is 1.33 bits per heavy atom. The third kappa shape index (κ3) is 4.51. The fourth-order valence-corrected chi connectivity index (χ4v) is 1.53. The van der Waals surface area contributed by atoms with Crippen molar-refractivity contribution in [3.05, 3.63) is 0 Å². The van der Waals surface area contributed by atoms with Gasteiger partial charge in [-0.25, -0.2) is 0 Å². The first kappa shape index (κ1) is 12.3. The Hall–Kier alpha value is -0.780. The van der Waals surface area contributed by atoms with Gasteiger partial charge in [-0.2, -0.15) is 13.2 Å². The zero-order valence-electron chi connectivity index (χ0n) is 8.27. The summed E-state index contributed by atoms with van der Waals surface area (Å²) < 4.78 is 40.5. The van der Waals surface area contributed by atoms with E-state index in [-0.39, 0.29) is 6.54 Å². The first-order valence-corrected chi connectivity index (χ1v) is 4.93. The van der Waals surface area contributed by atoms with Crippen molar-refractivity contribution in [2.24, 2.45) is 5.92 Å². The maximum Gasteiger partial charge on any atom is 0.471 e. The topological polar surface area (TPSA) is 38.3 Å². The molecule has 0 atom stereocenters. The van der Waals surface area contributed by atoms with Crippen molar-refractivity contribution < 1.29 is 22.7 Å². The minimum Gasteiger partial charge on any atom is -0.381 e. The van der Waals surface area contributed by atoms with Gasteiger partial charge < -0.3 is 10.1 Å². The summed E-state index contributed by atoms with van der Waals surface area (Å²) >= 11 is 0. The molecule has 1 aliphatic rings. The van der Waals surface area contributed by atoms with Crippen LogP contribution in [0, 0.1) is 5.92 Å². The molecule has 0 aromatic carbocycles. The molecule has 0 radical (unpaired) electrons. The molecular weight excluding hydrogens is 211 g/mol. The molecule has 1 rings (SSSR count). The van der Waals surface area contributed by atoms with Crippen LogP contribution in [0.5, 0.6) is 0 Å². The van der Waals surface area contributed by atoms with E-state index in [4.69, 9.17) is 4.74 Å². The normalized spacial score (nSPS) is 18.9. The van der Waals surface area contributed by atoms with Gasteiger partial charge in [0, 0.05) is 19.8 Å². The number of hydrogen-bond acceptors (Lipinski definition) is 2. The number of amides is 1. The molecule has 1 amide bonds. The van der Waals surface area contributed by atoms with Crippen molar-refractivity contribution in [3.8, 4) is 0 Å². The van der Waals surface area contributed by atoms with E-state index < -0.39 is 12.1 Å². The summed E-state index contributed by atoms with van der Waals surface area (Å²) in [6.07, 6.45) is -2.45. The lowest BCUT2D eigenvalue weighted by Gasteiger charge is -2.21. The molecule has 1 aliphatic heterocycles. The Bertz CT molecular complexity index is 212. The van der Waals surface area contributed by atoms with Crippen LogP contribution in [0.3, 0.4) is 0 Å². The lowest BCUT2D eigenvalue weighted by molar-refractivity contribution is -0.173. The molecule has 1 heterocycles. The van der Waals surface area contributed by atoms with E-state index in [1.807, 2.05) is 5.32 Å². The summed E-state index contributed by atoms with van der Waals surface area (Å²) in [7, 11) is 0. The Morgan fingerprint density at radius 2 is 1.93 bits per heavy atom. The summed E-state index contributed by atoms with van der Waals surface area (Å²) in [5, 5.41) is 1.87. The monoisotopic (exact) mass is 225 g/mol. The van der Waals surface area contributed by atoms with E-state index in [1.165, 1.54) is 0 Å². The molecule has 6 heteroatoms. The zero-order valence-corrected chi connectivity index (χ0v) is 8.27. The van der Waals surface area contributed by atoms with E-state index >= 15 is 0 Å². The second kappa shape index (κ2) is 5.34. The third-order valence-electron chi connectivity index (χ3n) is 2.44. The van der Waals surface area contributed by atoms with Crippen molar-refractivity contribution in [2.45, 2.75) is 25.4 Å². The largest absolute Gasteiger partial charge is 0.471 e. The van der Waals surface area contributed by atoms with Crippen LogP contribution in [-0.2, 0) is 9.53 Å². The number of carbonyl (C=O) groups excluding carboxylic acids is 1. The summed E-state index contributed by atoms with van der Waals surface area (Å²) in [6.45, 7) is 1.42. The van der Waals surface area contributed by atoms with Crippen LogP contribution in [0.1, 0.15) is 19.3 Å². The van der Waals surface area contributed by atoms with Crippen LogP contribution in [0.15, 0.2) is 0 Å². The first-order valence-electron chi connectivity index (χ1n) is 4.93.